The quantitative estimate of drug-likeness (QED) is 0.584. The van der Waals surface area contributed by atoms with Crippen LogP contribution in [0.1, 0.15) is 0 Å². The van der Waals surface area contributed by atoms with Gasteiger partial charge < -0.3 is 17.9 Å². The van der Waals surface area contributed by atoms with Crippen molar-refractivity contribution in [1.82, 2.24) is 9.97 Å². The molecule has 3 aromatic rings. The third-order valence-corrected chi connectivity index (χ3v) is 3.24. The van der Waals surface area contributed by atoms with Gasteiger partial charge in [-0.15, -0.1) is 0 Å². The highest BCUT2D eigenvalue weighted by molar-refractivity contribution is 6.74. The Bertz CT molecular complexity index is 921. The Morgan fingerprint density at radius 1 is 1.05 bits per heavy atom. The van der Waals surface area contributed by atoms with Gasteiger partial charge in [-0.3, -0.25) is 4.79 Å². The van der Waals surface area contributed by atoms with Crippen LogP contribution in [0.25, 0.3) is 22.3 Å². The van der Waals surface area contributed by atoms with E-state index in [-0.39, 0.29) is 16.7 Å². The van der Waals surface area contributed by atoms with Crippen molar-refractivity contribution in [3.05, 3.63) is 58.6 Å². The first-order chi connectivity index (χ1) is 10.4. The molecule has 0 spiro atoms. The summed E-state index contributed by atoms with van der Waals surface area (Å²) in [6.07, 6.45) is 0. The molecule has 3 rings (SSSR count). The maximum absolute atomic E-state index is 13.4. The molecule has 0 aliphatic carbocycles. The molecule has 0 aliphatic heterocycles. The van der Waals surface area contributed by atoms with Crippen LogP contribution in [0, 0.1) is 5.82 Å². The molecule has 1 N–H and O–H groups in total. The van der Waals surface area contributed by atoms with E-state index in [1.54, 1.807) is 12.1 Å². The fraction of sp³-hybridized carbons (Fsp3) is 0. The molecule has 0 radical (unpaired) electrons. The molecule has 0 saturated carbocycles. The molecular formula is C14H8BF4N2O-. The number of hydrogen-bond acceptors (Lipinski definition) is 2. The standard InChI is InChI=1S/C14H8BF4N2O/c16-8-5-6-11(15(17,18)19)10(7-8)13-20-12-4-2-1-3-9(12)14(22)21-13/h1-7H,(H,20,21,22)/q-1. The maximum atomic E-state index is 13.4. The number of benzene rings is 2. The molecule has 0 aliphatic rings. The normalized spacial score (nSPS) is 11.8. The Morgan fingerprint density at radius 2 is 1.77 bits per heavy atom. The molecule has 3 nitrogen and oxygen atoms in total. The fourth-order valence-electron chi connectivity index (χ4n) is 2.23. The number of fused-ring (bicyclic) bond motifs is 1. The minimum absolute atomic E-state index is 0.242. The zero-order valence-corrected chi connectivity index (χ0v) is 11.0. The maximum Gasteiger partial charge on any atom is 0.510 e. The smallest absolute Gasteiger partial charge is 0.445 e. The number of H-pyrrole nitrogens is 1. The molecule has 0 atom stereocenters. The van der Waals surface area contributed by atoms with Gasteiger partial charge in [-0.1, -0.05) is 23.7 Å². The Labute approximate surface area is 121 Å². The lowest BCUT2D eigenvalue weighted by Crippen LogP contribution is -2.36. The van der Waals surface area contributed by atoms with E-state index in [9.17, 15) is 22.1 Å². The molecule has 112 valence electrons. The van der Waals surface area contributed by atoms with E-state index in [4.69, 9.17) is 0 Å². The predicted octanol–water partition coefficient (Wildman–Crippen LogP) is 2.78. The molecule has 0 amide bonds. The first-order valence-corrected chi connectivity index (χ1v) is 6.35. The van der Waals surface area contributed by atoms with Gasteiger partial charge >= 0.3 is 6.98 Å². The highest BCUT2D eigenvalue weighted by Gasteiger charge is 2.29. The van der Waals surface area contributed by atoms with Crippen molar-refractivity contribution in [3.8, 4) is 11.4 Å². The average Bonchev–Trinajstić information content (AvgIpc) is 2.46. The minimum Gasteiger partial charge on any atom is -0.445 e. The van der Waals surface area contributed by atoms with Crippen molar-refractivity contribution in [2.24, 2.45) is 0 Å². The van der Waals surface area contributed by atoms with Crippen LogP contribution in [0.3, 0.4) is 0 Å². The van der Waals surface area contributed by atoms with Gasteiger partial charge in [-0.05, 0) is 29.8 Å². The lowest BCUT2D eigenvalue weighted by Gasteiger charge is -2.19. The average molecular weight is 307 g/mol. The minimum atomic E-state index is -5.37. The first-order valence-electron chi connectivity index (χ1n) is 6.35. The lowest BCUT2D eigenvalue weighted by molar-refractivity contribution is 0.501. The molecule has 0 fully saturated rings. The van der Waals surface area contributed by atoms with Gasteiger partial charge in [-0.25, -0.2) is 9.37 Å². The van der Waals surface area contributed by atoms with Gasteiger partial charge in [0, 0.05) is 0 Å². The zero-order chi connectivity index (χ0) is 15.9. The van der Waals surface area contributed by atoms with E-state index < -0.39 is 29.4 Å². The fourth-order valence-corrected chi connectivity index (χ4v) is 2.23. The molecular weight excluding hydrogens is 299 g/mol. The summed E-state index contributed by atoms with van der Waals surface area (Å²) in [4.78, 5) is 18.2. The van der Waals surface area contributed by atoms with E-state index in [0.717, 1.165) is 12.1 Å². The molecule has 0 bridgehead atoms. The second kappa shape index (κ2) is 4.97. The number of aromatic nitrogens is 2. The Kier molecular flexibility index (Phi) is 3.24. The summed E-state index contributed by atoms with van der Waals surface area (Å²) < 4.78 is 52.7. The summed E-state index contributed by atoms with van der Waals surface area (Å²) in [5.74, 6) is -1.15. The number of para-hydroxylation sites is 1. The summed E-state index contributed by atoms with van der Waals surface area (Å²) in [5.41, 5.74) is -1.81. The molecule has 0 unspecified atom stereocenters. The predicted molar refractivity (Wildman–Crippen MR) is 76.5 cm³/mol. The van der Waals surface area contributed by atoms with Crippen LogP contribution in [0.5, 0.6) is 0 Å². The third kappa shape index (κ3) is 2.47. The molecule has 0 saturated heterocycles. The molecule has 22 heavy (non-hydrogen) atoms. The number of halogens is 4. The van der Waals surface area contributed by atoms with Gasteiger partial charge in [0.15, 0.2) is 0 Å². The summed E-state index contributed by atoms with van der Waals surface area (Å²) in [6.45, 7) is -5.37. The lowest BCUT2D eigenvalue weighted by atomic mass is 9.76. The van der Waals surface area contributed by atoms with E-state index in [0.29, 0.717) is 6.07 Å². The molecule has 2 aromatic carbocycles. The van der Waals surface area contributed by atoms with Crippen molar-refractivity contribution in [1.29, 1.82) is 0 Å². The number of hydrogen-bond donors (Lipinski definition) is 1. The Morgan fingerprint density at radius 3 is 2.50 bits per heavy atom. The highest BCUT2D eigenvalue weighted by atomic mass is 19.4. The summed E-state index contributed by atoms with van der Waals surface area (Å²) in [6, 6.07) is 8.34. The summed E-state index contributed by atoms with van der Waals surface area (Å²) in [7, 11) is 0. The third-order valence-electron chi connectivity index (χ3n) is 3.24. The van der Waals surface area contributed by atoms with E-state index in [2.05, 4.69) is 9.97 Å². The van der Waals surface area contributed by atoms with Gasteiger partial charge in [0.25, 0.3) is 5.56 Å². The van der Waals surface area contributed by atoms with E-state index >= 15 is 0 Å². The van der Waals surface area contributed by atoms with Crippen molar-refractivity contribution >= 4 is 23.3 Å². The van der Waals surface area contributed by atoms with Gasteiger partial charge in [0.2, 0.25) is 0 Å². The largest absolute Gasteiger partial charge is 0.510 e. The van der Waals surface area contributed by atoms with Crippen LogP contribution in [-0.2, 0) is 0 Å². The monoisotopic (exact) mass is 307 g/mol. The molecule has 1 heterocycles. The summed E-state index contributed by atoms with van der Waals surface area (Å²) in [5, 5.41) is 0.252. The SMILES string of the molecule is O=c1[nH]c(-c2cc(F)ccc2[B-](F)(F)F)nc2ccccc12. The van der Waals surface area contributed by atoms with Crippen molar-refractivity contribution in [2.45, 2.75) is 0 Å². The molecule has 8 heteroatoms. The van der Waals surface area contributed by atoms with Crippen molar-refractivity contribution in [2.75, 3.05) is 0 Å². The van der Waals surface area contributed by atoms with Crippen LogP contribution >= 0.6 is 0 Å². The van der Waals surface area contributed by atoms with Crippen LogP contribution in [0.15, 0.2) is 47.3 Å². The topological polar surface area (TPSA) is 45.8 Å². The second-order valence-corrected chi connectivity index (χ2v) is 4.74. The van der Waals surface area contributed by atoms with Gasteiger partial charge in [0.1, 0.15) is 11.6 Å². The number of aromatic amines is 1. The van der Waals surface area contributed by atoms with Crippen LogP contribution in [0.4, 0.5) is 17.3 Å². The van der Waals surface area contributed by atoms with Crippen LogP contribution in [-0.4, -0.2) is 16.9 Å². The van der Waals surface area contributed by atoms with Gasteiger partial charge in [0.05, 0.1) is 10.9 Å². The number of nitrogens with one attached hydrogen (secondary N) is 1. The summed E-state index contributed by atoms with van der Waals surface area (Å²) >= 11 is 0. The molecule has 1 aromatic heterocycles. The second-order valence-electron chi connectivity index (χ2n) is 4.74. The first kappa shape index (κ1) is 14.3. The number of nitrogens with zero attached hydrogens (tertiary/aromatic N) is 1. The van der Waals surface area contributed by atoms with E-state index in [1.165, 1.54) is 12.1 Å². The number of rotatable bonds is 2. The van der Waals surface area contributed by atoms with E-state index in [1.807, 2.05) is 0 Å². The van der Waals surface area contributed by atoms with Gasteiger partial charge in [-0.2, -0.15) is 0 Å². The highest BCUT2D eigenvalue weighted by Crippen LogP contribution is 2.21. The van der Waals surface area contributed by atoms with Crippen LogP contribution < -0.4 is 11.0 Å². The Balaban J connectivity index is 2.32. The zero-order valence-electron chi connectivity index (χ0n) is 11.0. The van der Waals surface area contributed by atoms with Crippen LogP contribution in [0.2, 0.25) is 0 Å². The van der Waals surface area contributed by atoms with Crippen molar-refractivity contribution in [3.63, 3.8) is 0 Å². The van der Waals surface area contributed by atoms with Crippen molar-refractivity contribution < 1.29 is 17.3 Å². The Hall–Kier alpha value is -2.64.